The van der Waals surface area contributed by atoms with Gasteiger partial charge in [0, 0.05) is 19.1 Å². The molecule has 0 aromatic heterocycles. The topological polar surface area (TPSA) is 69.7 Å². The van der Waals surface area contributed by atoms with E-state index in [1.54, 1.807) is 0 Å². The maximum absolute atomic E-state index is 12.4. The first-order valence-electron chi connectivity index (χ1n) is 9.93. The highest BCUT2D eigenvalue weighted by Gasteiger charge is 2.37. The standard InChI is InChI=1S/C18H35N3O3S/c1-3-15-25(23,24)21-14-7-11-17(21)18(22)19-12-8-13-20(2)16-9-5-4-6-10-16/h16-17H,3-15H2,1-2H3,(H,19,22). The molecule has 2 fully saturated rings. The SMILES string of the molecule is CCCS(=O)(=O)N1CCCC1C(=O)NCCCN(C)C1CCCCC1. The van der Waals surface area contributed by atoms with Gasteiger partial charge in [0.15, 0.2) is 0 Å². The fraction of sp³-hybridized carbons (Fsp3) is 0.944. The number of hydrogen-bond donors (Lipinski definition) is 1. The van der Waals surface area contributed by atoms with Crippen LogP contribution in [0.1, 0.15) is 64.7 Å². The van der Waals surface area contributed by atoms with Crippen LogP contribution in [0.3, 0.4) is 0 Å². The minimum absolute atomic E-state index is 0.127. The Morgan fingerprint density at radius 2 is 1.88 bits per heavy atom. The van der Waals surface area contributed by atoms with Crippen LogP contribution in [0.2, 0.25) is 0 Å². The average molecular weight is 374 g/mol. The van der Waals surface area contributed by atoms with Gasteiger partial charge in [-0.05, 0) is 52.1 Å². The second-order valence-electron chi connectivity index (χ2n) is 7.50. The minimum atomic E-state index is -3.30. The molecule has 0 aromatic carbocycles. The van der Waals surface area contributed by atoms with Gasteiger partial charge in [0.25, 0.3) is 0 Å². The molecule has 1 aliphatic carbocycles. The van der Waals surface area contributed by atoms with E-state index in [9.17, 15) is 13.2 Å². The third-order valence-corrected chi connectivity index (χ3v) is 7.59. The molecular formula is C18H35N3O3S. The summed E-state index contributed by atoms with van der Waals surface area (Å²) >= 11 is 0. The molecule has 6 nitrogen and oxygen atoms in total. The second-order valence-corrected chi connectivity index (χ2v) is 9.54. The van der Waals surface area contributed by atoms with Gasteiger partial charge in [-0.1, -0.05) is 26.2 Å². The van der Waals surface area contributed by atoms with Crippen molar-refractivity contribution in [3.8, 4) is 0 Å². The summed E-state index contributed by atoms with van der Waals surface area (Å²) in [6.07, 6.45) is 9.49. The molecule has 0 aromatic rings. The highest BCUT2D eigenvalue weighted by Crippen LogP contribution is 2.23. The lowest BCUT2D eigenvalue weighted by Gasteiger charge is -2.31. The maximum Gasteiger partial charge on any atom is 0.238 e. The lowest BCUT2D eigenvalue weighted by Crippen LogP contribution is -2.47. The van der Waals surface area contributed by atoms with Crippen molar-refractivity contribution in [2.45, 2.75) is 76.8 Å². The van der Waals surface area contributed by atoms with Crippen LogP contribution in [0, 0.1) is 0 Å². The molecule has 1 N–H and O–H groups in total. The van der Waals surface area contributed by atoms with Gasteiger partial charge >= 0.3 is 0 Å². The van der Waals surface area contributed by atoms with Gasteiger partial charge in [-0.2, -0.15) is 4.31 Å². The van der Waals surface area contributed by atoms with Crippen molar-refractivity contribution in [2.75, 3.05) is 32.4 Å². The van der Waals surface area contributed by atoms with E-state index in [4.69, 9.17) is 0 Å². The Hall–Kier alpha value is -0.660. The van der Waals surface area contributed by atoms with Crippen LogP contribution in [0.4, 0.5) is 0 Å². The first-order chi connectivity index (χ1) is 12.0. The first kappa shape index (κ1) is 20.6. The fourth-order valence-corrected chi connectivity index (χ4v) is 5.82. The van der Waals surface area contributed by atoms with Gasteiger partial charge in [0.05, 0.1) is 5.75 Å². The van der Waals surface area contributed by atoms with E-state index in [1.807, 2.05) is 6.92 Å². The van der Waals surface area contributed by atoms with Crippen LogP contribution in [0.15, 0.2) is 0 Å². The predicted octanol–water partition coefficient (Wildman–Crippen LogP) is 1.96. The molecule has 0 bridgehead atoms. The van der Waals surface area contributed by atoms with Crippen LogP contribution in [-0.4, -0.2) is 68.0 Å². The smallest absolute Gasteiger partial charge is 0.238 e. The van der Waals surface area contributed by atoms with E-state index >= 15 is 0 Å². The van der Waals surface area contributed by atoms with Crippen molar-refractivity contribution < 1.29 is 13.2 Å². The minimum Gasteiger partial charge on any atom is -0.355 e. The van der Waals surface area contributed by atoms with Gasteiger partial charge in [-0.25, -0.2) is 8.42 Å². The van der Waals surface area contributed by atoms with Crippen LogP contribution >= 0.6 is 0 Å². The molecule has 25 heavy (non-hydrogen) atoms. The Bertz CT molecular complexity index is 518. The summed E-state index contributed by atoms with van der Waals surface area (Å²) in [4.78, 5) is 14.8. The molecule has 1 atom stereocenters. The van der Waals surface area contributed by atoms with Crippen molar-refractivity contribution in [1.82, 2.24) is 14.5 Å². The summed E-state index contributed by atoms with van der Waals surface area (Å²) in [5, 5.41) is 2.96. The number of carbonyl (C=O) groups excluding carboxylic acids is 1. The quantitative estimate of drug-likeness (QED) is 0.627. The number of rotatable bonds is 9. The Balaban J connectivity index is 1.72. The lowest BCUT2D eigenvalue weighted by atomic mass is 9.94. The molecule has 1 unspecified atom stereocenters. The molecular weight excluding hydrogens is 338 g/mol. The van der Waals surface area contributed by atoms with Crippen LogP contribution in [-0.2, 0) is 14.8 Å². The summed E-state index contributed by atoms with van der Waals surface area (Å²) in [5.74, 6) is 0.000622. The molecule has 7 heteroatoms. The summed E-state index contributed by atoms with van der Waals surface area (Å²) in [6, 6.07) is 0.182. The summed E-state index contributed by atoms with van der Waals surface area (Å²) < 4.78 is 26.0. The van der Waals surface area contributed by atoms with Crippen molar-refractivity contribution in [3.63, 3.8) is 0 Å². The maximum atomic E-state index is 12.4. The van der Waals surface area contributed by atoms with Gasteiger partial charge in [0.1, 0.15) is 6.04 Å². The molecule has 0 radical (unpaired) electrons. The van der Waals surface area contributed by atoms with Crippen molar-refractivity contribution in [1.29, 1.82) is 0 Å². The van der Waals surface area contributed by atoms with Gasteiger partial charge in [-0.3, -0.25) is 4.79 Å². The number of nitrogens with one attached hydrogen (secondary N) is 1. The molecule has 2 aliphatic rings. The van der Waals surface area contributed by atoms with Crippen LogP contribution in [0.5, 0.6) is 0 Å². The number of nitrogens with zero attached hydrogens (tertiary/aromatic N) is 2. The normalized spacial score (nSPS) is 23.2. The molecule has 1 aliphatic heterocycles. The second kappa shape index (κ2) is 9.88. The van der Waals surface area contributed by atoms with Crippen molar-refractivity contribution >= 4 is 15.9 Å². The van der Waals surface area contributed by atoms with E-state index in [2.05, 4.69) is 17.3 Å². The Morgan fingerprint density at radius 1 is 1.16 bits per heavy atom. The van der Waals surface area contributed by atoms with Crippen LogP contribution in [0.25, 0.3) is 0 Å². The van der Waals surface area contributed by atoms with Gasteiger partial charge in [-0.15, -0.1) is 0 Å². The van der Waals surface area contributed by atoms with Crippen LogP contribution < -0.4 is 5.32 Å². The molecule has 1 saturated heterocycles. The summed E-state index contributed by atoms with van der Waals surface area (Å²) in [6.45, 7) is 3.93. The van der Waals surface area contributed by atoms with Crippen molar-refractivity contribution in [2.24, 2.45) is 0 Å². The monoisotopic (exact) mass is 373 g/mol. The van der Waals surface area contributed by atoms with E-state index < -0.39 is 16.1 Å². The number of hydrogen-bond acceptors (Lipinski definition) is 4. The average Bonchev–Trinajstić information content (AvgIpc) is 3.10. The van der Waals surface area contributed by atoms with Gasteiger partial charge in [0.2, 0.25) is 15.9 Å². The van der Waals surface area contributed by atoms with Crippen molar-refractivity contribution in [3.05, 3.63) is 0 Å². The highest BCUT2D eigenvalue weighted by atomic mass is 32.2. The number of amides is 1. The molecule has 1 heterocycles. The molecule has 1 amide bonds. The zero-order chi connectivity index (χ0) is 18.3. The molecule has 0 spiro atoms. The fourth-order valence-electron chi connectivity index (χ4n) is 4.07. The third-order valence-electron chi connectivity index (χ3n) is 5.51. The Kier molecular flexibility index (Phi) is 8.16. The Labute approximate surface area is 153 Å². The van der Waals surface area contributed by atoms with E-state index in [-0.39, 0.29) is 11.7 Å². The number of carbonyl (C=O) groups is 1. The van der Waals surface area contributed by atoms with E-state index in [0.717, 1.165) is 19.4 Å². The first-order valence-corrected chi connectivity index (χ1v) is 11.5. The van der Waals surface area contributed by atoms with Gasteiger partial charge < -0.3 is 10.2 Å². The largest absolute Gasteiger partial charge is 0.355 e. The zero-order valence-corrected chi connectivity index (χ0v) is 16.7. The molecule has 2 rings (SSSR count). The molecule has 146 valence electrons. The summed E-state index contributed by atoms with van der Waals surface area (Å²) in [5.41, 5.74) is 0. The van der Waals surface area contributed by atoms with E-state index in [1.165, 1.54) is 36.4 Å². The number of sulfonamides is 1. The Morgan fingerprint density at radius 3 is 2.56 bits per heavy atom. The highest BCUT2D eigenvalue weighted by molar-refractivity contribution is 7.89. The van der Waals surface area contributed by atoms with E-state index in [0.29, 0.717) is 32.0 Å². The zero-order valence-electron chi connectivity index (χ0n) is 15.9. The predicted molar refractivity (Wildman–Crippen MR) is 101 cm³/mol. The molecule has 1 saturated carbocycles. The third kappa shape index (κ3) is 5.93. The lowest BCUT2D eigenvalue weighted by molar-refractivity contribution is -0.124. The summed E-state index contributed by atoms with van der Waals surface area (Å²) in [7, 11) is -1.12.